The zero-order valence-electron chi connectivity index (χ0n) is 14.6. The van der Waals surface area contributed by atoms with Gasteiger partial charge in [-0.3, -0.25) is 0 Å². The quantitative estimate of drug-likeness (QED) is 0.695. The highest BCUT2D eigenvalue weighted by Crippen LogP contribution is 2.28. The van der Waals surface area contributed by atoms with Crippen molar-refractivity contribution in [1.29, 1.82) is 0 Å². The van der Waals surface area contributed by atoms with Crippen molar-refractivity contribution in [3.63, 3.8) is 0 Å². The summed E-state index contributed by atoms with van der Waals surface area (Å²) < 4.78 is 30.4. The second kappa shape index (κ2) is 6.33. The van der Waals surface area contributed by atoms with Gasteiger partial charge in [0.05, 0.1) is 12.4 Å². The van der Waals surface area contributed by atoms with Crippen LogP contribution in [-0.4, -0.2) is 50.1 Å². The third kappa shape index (κ3) is 2.93. The van der Waals surface area contributed by atoms with Crippen LogP contribution in [0.25, 0.3) is 11.4 Å². The van der Waals surface area contributed by atoms with Crippen LogP contribution in [0.4, 0.5) is 0 Å². The number of sulfonamides is 1. The van der Waals surface area contributed by atoms with Crippen LogP contribution in [0.15, 0.2) is 47.9 Å². The molecule has 1 fully saturated rings. The number of rotatable bonds is 4. The molecule has 3 aromatic rings. The molecule has 2 aromatic heterocycles. The number of imidazole rings is 1. The van der Waals surface area contributed by atoms with Crippen LogP contribution in [0.3, 0.4) is 0 Å². The predicted molar refractivity (Wildman–Crippen MR) is 95.8 cm³/mol. The Balaban J connectivity index is 1.57. The lowest BCUT2D eigenvalue weighted by Gasteiger charge is -2.15. The second-order valence-electron chi connectivity index (χ2n) is 6.48. The Hall–Kier alpha value is -2.52. The molecular weight excluding hydrogens is 352 g/mol. The molecule has 1 saturated heterocycles. The van der Waals surface area contributed by atoms with E-state index in [-0.39, 0.29) is 11.1 Å². The highest BCUT2D eigenvalue weighted by atomic mass is 32.2. The van der Waals surface area contributed by atoms with Crippen LogP contribution < -0.4 is 0 Å². The molecule has 9 heteroatoms. The summed E-state index contributed by atoms with van der Waals surface area (Å²) in [5.74, 6) is 1.44. The van der Waals surface area contributed by atoms with Crippen molar-refractivity contribution in [2.75, 3.05) is 13.1 Å². The minimum atomic E-state index is -3.58. The summed E-state index contributed by atoms with van der Waals surface area (Å²) in [5.41, 5.74) is 0.949. The standard InChI is InChI=1S/C17H20N6O2S/c1-13-19-17(14-6-4-3-5-7-14)20-23(13)15-8-9-22(10-15)26(24,25)16-11-21(2)12-18-16/h3-7,11-12,15H,8-10H2,1-2H3. The maximum Gasteiger partial charge on any atom is 0.262 e. The molecule has 1 unspecified atom stereocenters. The number of aryl methyl sites for hydroxylation is 2. The van der Waals surface area contributed by atoms with Crippen molar-refractivity contribution >= 4 is 10.0 Å². The van der Waals surface area contributed by atoms with E-state index in [0.717, 1.165) is 11.4 Å². The Morgan fingerprint density at radius 1 is 1.19 bits per heavy atom. The van der Waals surface area contributed by atoms with E-state index in [1.807, 2.05) is 41.9 Å². The molecular formula is C17H20N6O2S. The van der Waals surface area contributed by atoms with Gasteiger partial charge in [-0.1, -0.05) is 30.3 Å². The van der Waals surface area contributed by atoms with Gasteiger partial charge >= 0.3 is 0 Å². The first-order valence-corrected chi connectivity index (χ1v) is 9.86. The Bertz CT molecular complexity index is 1020. The first kappa shape index (κ1) is 16.9. The van der Waals surface area contributed by atoms with Gasteiger partial charge in [-0.25, -0.2) is 23.1 Å². The van der Waals surface area contributed by atoms with Crippen LogP contribution in [0.1, 0.15) is 18.3 Å². The summed E-state index contributed by atoms with van der Waals surface area (Å²) in [7, 11) is -1.82. The van der Waals surface area contributed by atoms with E-state index >= 15 is 0 Å². The van der Waals surface area contributed by atoms with Crippen LogP contribution in [0, 0.1) is 6.92 Å². The zero-order valence-corrected chi connectivity index (χ0v) is 15.5. The fraction of sp³-hybridized carbons (Fsp3) is 0.353. The summed E-state index contributed by atoms with van der Waals surface area (Å²) in [6, 6.07) is 9.74. The Morgan fingerprint density at radius 2 is 1.96 bits per heavy atom. The normalized spacial score (nSPS) is 18.5. The van der Waals surface area contributed by atoms with Crippen molar-refractivity contribution in [1.82, 2.24) is 28.6 Å². The van der Waals surface area contributed by atoms with E-state index < -0.39 is 10.0 Å². The molecule has 0 radical (unpaired) electrons. The molecule has 0 aliphatic carbocycles. The minimum Gasteiger partial charge on any atom is -0.339 e. The summed E-state index contributed by atoms with van der Waals surface area (Å²) in [5, 5.41) is 4.70. The minimum absolute atomic E-state index is 0.0292. The van der Waals surface area contributed by atoms with Gasteiger partial charge in [0.2, 0.25) is 0 Å². The van der Waals surface area contributed by atoms with Gasteiger partial charge in [0.15, 0.2) is 10.9 Å². The summed E-state index contributed by atoms with van der Waals surface area (Å²) >= 11 is 0. The van der Waals surface area contributed by atoms with E-state index in [4.69, 9.17) is 0 Å². The van der Waals surface area contributed by atoms with Crippen molar-refractivity contribution < 1.29 is 8.42 Å². The summed E-state index contributed by atoms with van der Waals surface area (Å²) in [6.07, 6.45) is 3.72. The van der Waals surface area contributed by atoms with Crippen molar-refractivity contribution in [3.8, 4) is 11.4 Å². The van der Waals surface area contributed by atoms with Gasteiger partial charge < -0.3 is 4.57 Å². The second-order valence-corrected chi connectivity index (χ2v) is 8.36. The molecule has 1 aliphatic heterocycles. The number of hydrogen-bond acceptors (Lipinski definition) is 5. The average Bonchev–Trinajstić information content (AvgIpc) is 3.35. The Morgan fingerprint density at radius 3 is 2.65 bits per heavy atom. The molecule has 8 nitrogen and oxygen atoms in total. The van der Waals surface area contributed by atoms with Gasteiger partial charge in [0, 0.05) is 31.9 Å². The van der Waals surface area contributed by atoms with E-state index in [9.17, 15) is 8.42 Å². The van der Waals surface area contributed by atoms with Gasteiger partial charge in [-0.05, 0) is 13.3 Å². The van der Waals surface area contributed by atoms with Crippen molar-refractivity contribution in [3.05, 3.63) is 48.7 Å². The van der Waals surface area contributed by atoms with Crippen molar-refractivity contribution in [2.45, 2.75) is 24.4 Å². The molecule has 0 bridgehead atoms. The zero-order chi connectivity index (χ0) is 18.3. The van der Waals surface area contributed by atoms with Crippen LogP contribution in [0.2, 0.25) is 0 Å². The Kier molecular flexibility index (Phi) is 4.12. The third-order valence-electron chi connectivity index (χ3n) is 4.59. The average molecular weight is 372 g/mol. The number of nitrogens with zero attached hydrogens (tertiary/aromatic N) is 6. The molecule has 0 amide bonds. The van der Waals surface area contributed by atoms with Crippen LogP contribution in [-0.2, 0) is 17.1 Å². The largest absolute Gasteiger partial charge is 0.339 e. The molecule has 1 atom stereocenters. The lowest BCUT2D eigenvalue weighted by molar-refractivity contribution is 0.428. The van der Waals surface area contributed by atoms with Crippen LogP contribution >= 0.6 is 0 Å². The van der Waals surface area contributed by atoms with Gasteiger partial charge in [0.25, 0.3) is 10.0 Å². The molecule has 0 spiro atoms. The van der Waals surface area contributed by atoms with Crippen molar-refractivity contribution in [2.24, 2.45) is 7.05 Å². The topological polar surface area (TPSA) is 85.9 Å². The smallest absolute Gasteiger partial charge is 0.262 e. The Labute approximate surface area is 152 Å². The molecule has 0 N–H and O–H groups in total. The van der Waals surface area contributed by atoms with E-state index in [2.05, 4.69) is 15.1 Å². The summed E-state index contributed by atoms with van der Waals surface area (Å²) in [4.78, 5) is 8.53. The first-order chi connectivity index (χ1) is 12.4. The molecule has 1 aromatic carbocycles. The molecule has 4 rings (SSSR count). The maximum absolute atomic E-state index is 12.7. The molecule has 26 heavy (non-hydrogen) atoms. The fourth-order valence-electron chi connectivity index (χ4n) is 3.24. The van der Waals surface area contributed by atoms with Gasteiger partial charge in [0.1, 0.15) is 5.82 Å². The third-order valence-corrected chi connectivity index (χ3v) is 6.34. The lowest BCUT2D eigenvalue weighted by Crippen LogP contribution is -2.29. The molecule has 136 valence electrons. The SMILES string of the molecule is Cc1nc(-c2ccccc2)nn1C1CCN(S(=O)(=O)c2cn(C)cn2)C1. The fourth-order valence-corrected chi connectivity index (χ4v) is 4.70. The predicted octanol–water partition coefficient (Wildman–Crippen LogP) is 1.62. The van der Waals surface area contributed by atoms with E-state index in [1.165, 1.54) is 16.8 Å². The lowest BCUT2D eigenvalue weighted by atomic mass is 10.2. The van der Waals surface area contributed by atoms with E-state index in [0.29, 0.717) is 25.3 Å². The van der Waals surface area contributed by atoms with Gasteiger partial charge in [-0.2, -0.15) is 9.40 Å². The highest BCUT2D eigenvalue weighted by molar-refractivity contribution is 7.89. The monoisotopic (exact) mass is 372 g/mol. The van der Waals surface area contributed by atoms with Crippen LogP contribution in [0.5, 0.6) is 0 Å². The molecule has 3 heterocycles. The highest BCUT2D eigenvalue weighted by Gasteiger charge is 2.35. The maximum atomic E-state index is 12.7. The van der Waals surface area contributed by atoms with Gasteiger partial charge in [-0.15, -0.1) is 0 Å². The molecule has 0 saturated carbocycles. The summed E-state index contributed by atoms with van der Waals surface area (Å²) in [6.45, 7) is 2.72. The van der Waals surface area contributed by atoms with E-state index in [1.54, 1.807) is 11.6 Å². The number of hydrogen-bond donors (Lipinski definition) is 0. The number of benzene rings is 1. The first-order valence-electron chi connectivity index (χ1n) is 8.42. The number of aromatic nitrogens is 5. The molecule has 1 aliphatic rings.